The number of halogens is 2. The third kappa shape index (κ3) is 4.44. The van der Waals surface area contributed by atoms with Crippen molar-refractivity contribution in [3.63, 3.8) is 0 Å². The van der Waals surface area contributed by atoms with E-state index in [0.717, 1.165) is 22.9 Å². The Kier molecular flexibility index (Phi) is 5.11. The van der Waals surface area contributed by atoms with Gasteiger partial charge in [0.1, 0.15) is 5.82 Å². The molecule has 19 heavy (non-hydrogen) atoms. The summed E-state index contributed by atoms with van der Waals surface area (Å²) in [6.07, 6.45) is 1.74. The molecule has 0 aromatic heterocycles. The van der Waals surface area contributed by atoms with Crippen LogP contribution in [0.4, 0.5) is 4.39 Å². The molecule has 100 valence electrons. The molecule has 0 saturated carbocycles. The van der Waals surface area contributed by atoms with E-state index >= 15 is 0 Å². The lowest BCUT2D eigenvalue weighted by atomic mass is 9.99. The number of hydrogen-bond acceptors (Lipinski definition) is 1. The largest absolute Gasteiger partial charge is 0.316 e. The lowest BCUT2D eigenvalue weighted by molar-refractivity contribution is 0.553. The quantitative estimate of drug-likeness (QED) is 0.878. The summed E-state index contributed by atoms with van der Waals surface area (Å²) in [6, 6.07) is 15.4. The first-order chi connectivity index (χ1) is 9.17. The summed E-state index contributed by atoms with van der Waals surface area (Å²) in [5, 5.41) is 3.30. The van der Waals surface area contributed by atoms with Crippen LogP contribution in [0.15, 0.2) is 53.0 Å². The predicted molar refractivity (Wildman–Crippen MR) is 80.8 cm³/mol. The minimum atomic E-state index is -0.171. The molecule has 2 rings (SSSR count). The van der Waals surface area contributed by atoms with E-state index in [1.807, 2.05) is 25.2 Å². The number of nitrogens with one attached hydrogen (secondary N) is 1. The monoisotopic (exact) mass is 321 g/mol. The lowest BCUT2D eigenvalue weighted by Gasteiger charge is -2.16. The van der Waals surface area contributed by atoms with Gasteiger partial charge >= 0.3 is 0 Å². The van der Waals surface area contributed by atoms with Gasteiger partial charge in [-0.25, -0.2) is 4.39 Å². The van der Waals surface area contributed by atoms with E-state index < -0.39 is 0 Å². The standard InChI is InChI=1S/C16H17BrFN/c1-19-16(10-12-4-2-6-14(17)8-12)11-13-5-3-7-15(18)9-13/h2-9,16,19H,10-11H2,1H3. The highest BCUT2D eigenvalue weighted by Gasteiger charge is 2.09. The molecule has 0 aliphatic rings. The zero-order valence-electron chi connectivity index (χ0n) is 10.9. The molecule has 1 atom stereocenters. The molecular formula is C16H17BrFN. The molecule has 0 heterocycles. The van der Waals surface area contributed by atoms with E-state index in [1.165, 1.54) is 11.6 Å². The van der Waals surface area contributed by atoms with E-state index in [1.54, 1.807) is 12.1 Å². The highest BCUT2D eigenvalue weighted by atomic mass is 79.9. The maximum atomic E-state index is 13.2. The average Bonchev–Trinajstić information content (AvgIpc) is 2.38. The van der Waals surface area contributed by atoms with Crippen molar-refractivity contribution in [1.82, 2.24) is 5.32 Å². The van der Waals surface area contributed by atoms with Crippen molar-refractivity contribution in [2.24, 2.45) is 0 Å². The van der Waals surface area contributed by atoms with Gasteiger partial charge in [-0.2, -0.15) is 0 Å². The van der Waals surface area contributed by atoms with Crippen molar-refractivity contribution >= 4 is 15.9 Å². The van der Waals surface area contributed by atoms with E-state index in [0.29, 0.717) is 6.04 Å². The summed E-state index contributed by atoms with van der Waals surface area (Å²) in [7, 11) is 1.95. The molecule has 0 radical (unpaired) electrons. The lowest BCUT2D eigenvalue weighted by Crippen LogP contribution is -2.29. The molecule has 0 bridgehead atoms. The molecule has 3 heteroatoms. The third-order valence-electron chi connectivity index (χ3n) is 3.15. The molecule has 0 aliphatic heterocycles. The van der Waals surface area contributed by atoms with Crippen LogP contribution in [0.5, 0.6) is 0 Å². The Morgan fingerprint density at radius 2 is 1.68 bits per heavy atom. The molecule has 0 saturated heterocycles. The van der Waals surface area contributed by atoms with E-state index in [9.17, 15) is 4.39 Å². The SMILES string of the molecule is CNC(Cc1cccc(F)c1)Cc1cccc(Br)c1. The fraction of sp³-hybridized carbons (Fsp3) is 0.250. The van der Waals surface area contributed by atoms with E-state index in [-0.39, 0.29) is 5.82 Å². The predicted octanol–water partition coefficient (Wildman–Crippen LogP) is 3.96. The van der Waals surface area contributed by atoms with Crippen LogP contribution in [0.25, 0.3) is 0 Å². The fourth-order valence-electron chi connectivity index (χ4n) is 2.17. The highest BCUT2D eigenvalue weighted by Crippen LogP contribution is 2.15. The van der Waals surface area contributed by atoms with Gasteiger partial charge in [0.2, 0.25) is 0 Å². The summed E-state index contributed by atoms with van der Waals surface area (Å²) >= 11 is 3.48. The molecule has 1 unspecified atom stereocenters. The van der Waals surface area contributed by atoms with Gasteiger partial charge < -0.3 is 5.32 Å². The van der Waals surface area contributed by atoms with Crippen molar-refractivity contribution in [2.75, 3.05) is 7.05 Å². The number of hydrogen-bond donors (Lipinski definition) is 1. The molecule has 2 aromatic carbocycles. The molecule has 1 N–H and O–H groups in total. The van der Waals surface area contributed by atoms with Gasteiger partial charge in [0.25, 0.3) is 0 Å². The van der Waals surface area contributed by atoms with Crippen LogP contribution in [0.3, 0.4) is 0 Å². The van der Waals surface area contributed by atoms with Crippen LogP contribution in [-0.4, -0.2) is 13.1 Å². The molecule has 2 aromatic rings. The van der Waals surface area contributed by atoms with Crippen LogP contribution in [0.2, 0.25) is 0 Å². The third-order valence-corrected chi connectivity index (χ3v) is 3.64. The Morgan fingerprint density at radius 1 is 1.05 bits per heavy atom. The number of rotatable bonds is 5. The Labute approximate surface area is 122 Å². The number of likely N-dealkylation sites (N-methyl/N-ethyl adjacent to an activating group) is 1. The van der Waals surface area contributed by atoms with Gasteiger partial charge in [0, 0.05) is 10.5 Å². The van der Waals surface area contributed by atoms with Crippen LogP contribution in [-0.2, 0) is 12.8 Å². The summed E-state index contributed by atoms with van der Waals surface area (Å²) < 4.78 is 14.3. The van der Waals surface area contributed by atoms with E-state index in [4.69, 9.17) is 0 Å². The first-order valence-corrected chi connectivity index (χ1v) is 7.13. The second-order valence-electron chi connectivity index (χ2n) is 4.65. The molecule has 0 aliphatic carbocycles. The maximum Gasteiger partial charge on any atom is 0.123 e. The topological polar surface area (TPSA) is 12.0 Å². The summed E-state index contributed by atoms with van der Waals surface area (Å²) in [5.41, 5.74) is 2.29. The fourth-order valence-corrected chi connectivity index (χ4v) is 2.62. The Balaban J connectivity index is 2.04. The first-order valence-electron chi connectivity index (χ1n) is 6.33. The minimum absolute atomic E-state index is 0.171. The van der Waals surface area contributed by atoms with Crippen LogP contribution < -0.4 is 5.32 Å². The molecule has 0 fully saturated rings. The van der Waals surface area contributed by atoms with Gasteiger partial charge in [0.15, 0.2) is 0 Å². The zero-order chi connectivity index (χ0) is 13.7. The summed E-state index contributed by atoms with van der Waals surface area (Å²) in [5.74, 6) is -0.171. The van der Waals surface area contributed by atoms with Gasteiger partial charge in [-0.05, 0) is 55.3 Å². The average molecular weight is 322 g/mol. The van der Waals surface area contributed by atoms with Crippen LogP contribution in [0.1, 0.15) is 11.1 Å². The molecular weight excluding hydrogens is 305 g/mol. The van der Waals surface area contributed by atoms with Gasteiger partial charge in [-0.1, -0.05) is 40.2 Å². The van der Waals surface area contributed by atoms with Crippen LogP contribution in [0, 0.1) is 5.82 Å². The molecule has 0 spiro atoms. The van der Waals surface area contributed by atoms with Crippen molar-refractivity contribution in [3.05, 3.63) is 69.9 Å². The smallest absolute Gasteiger partial charge is 0.123 e. The molecule has 1 nitrogen and oxygen atoms in total. The van der Waals surface area contributed by atoms with Crippen LogP contribution >= 0.6 is 15.9 Å². The van der Waals surface area contributed by atoms with Crippen molar-refractivity contribution in [1.29, 1.82) is 0 Å². The Hall–Kier alpha value is -1.19. The van der Waals surface area contributed by atoms with Gasteiger partial charge in [-0.15, -0.1) is 0 Å². The minimum Gasteiger partial charge on any atom is -0.316 e. The van der Waals surface area contributed by atoms with Crippen molar-refractivity contribution in [2.45, 2.75) is 18.9 Å². The second kappa shape index (κ2) is 6.83. The zero-order valence-corrected chi connectivity index (χ0v) is 12.5. The second-order valence-corrected chi connectivity index (χ2v) is 5.57. The van der Waals surface area contributed by atoms with Gasteiger partial charge in [0.05, 0.1) is 0 Å². The summed E-state index contributed by atoms with van der Waals surface area (Å²) in [6.45, 7) is 0. The highest BCUT2D eigenvalue weighted by molar-refractivity contribution is 9.10. The van der Waals surface area contributed by atoms with Gasteiger partial charge in [-0.3, -0.25) is 0 Å². The van der Waals surface area contributed by atoms with Crippen molar-refractivity contribution < 1.29 is 4.39 Å². The maximum absolute atomic E-state index is 13.2. The normalized spacial score (nSPS) is 12.4. The van der Waals surface area contributed by atoms with E-state index in [2.05, 4.69) is 33.4 Å². The Bertz CT molecular complexity index is 494. The first kappa shape index (κ1) is 14.2. The Morgan fingerprint density at radius 3 is 2.26 bits per heavy atom. The number of benzene rings is 2. The molecule has 0 amide bonds. The van der Waals surface area contributed by atoms with Crippen molar-refractivity contribution in [3.8, 4) is 0 Å². The summed E-state index contributed by atoms with van der Waals surface area (Å²) in [4.78, 5) is 0.